The molecule has 1 unspecified atom stereocenters. The van der Waals surface area contributed by atoms with Crippen molar-refractivity contribution >= 4 is 11.7 Å². The highest BCUT2D eigenvalue weighted by Gasteiger charge is 2.20. The van der Waals surface area contributed by atoms with Crippen LogP contribution in [0, 0.1) is 11.3 Å². The van der Waals surface area contributed by atoms with Gasteiger partial charge in [0.1, 0.15) is 5.69 Å². The normalized spacial score (nSPS) is 13.9. The van der Waals surface area contributed by atoms with E-state index in [0.717, 1.165) is 0 Å². The molecule has 0 aliphatic carbocycles. The number of hydrogen-bond acceptors (Lipinski definition) is 4. The van der Waals surface area contributed by atoms with Crippen molar-refractivity contribution in [3.8, 4) is 0 Å². The smallest absolute Gasteiger partial charge is 0.269 e. The number of pyridine rings is 1. The highest BCUT2D eigenvalue weighted by Crippen LogP contribution is 2.24. The van der Waals surface area contributed by atoms with Crippen molar-refractivity contribution in [3.05, 3.63) is 29.6 Å². The number of aromatic nitrogens is 1. The van der Waals surface area contributed by atoms with Gasteiger partial charge in [-0.25, -0.2) is 0 Å². The van der Waals surface area contributed by atoms with Crippen LogP contribution < -0.4 is 11.1 Å². The summed E-state index contributed by atoms with van der Waals surface area (Å²) >= 11 is 0. The first-order valence-electron chi connectivity index (χ1n) is 6.48. The third-order valence-electron chi connectivity index (χ3n) is 3.45. The fourth-order valence-corrected chi connectivity index (χ4v) is 1.38. The van der Waals surface area contributed by atoms with E-state index in [0.29, 0.717) is 23.7 Å². The van der Waals surface area contributed by atoms with Gasteiger partial charge in [0.2, 0.25) is 0 Å². The van der Waals surface area contributed by atoms with Gasteiger partial charge in [-0.15, -0.1) is 0 Å². The van der Waals surface area contributed by atoms with Crippen molar-refractivity contribution in [1.29, 1.82) is 0 Å². The molecule has 1 heterocycles. The first kappa shape index (κ1) is 15.9. The van der Waals surface area contributed by atoms with E-state index in [1.807, 2.05) is 0 Å². The summed E-state index contributed by atoms with van der Waals surface area (Å²) in [5.41, 5.74) is 6.33. The fourth-order valence-electron chi connectivity index (χ4n) is 1.38. The minimum atomic E-state index is -0.229. The van der Waals surface area contributed by atoms with Gasteiger partial charge in [0.25, 0.3) is 5.91 Å². The molecular formula is C14H22N4O2. The van der Waals surface area contributed by atoms with Crippen molar-refractivity contribution in [2.75, 3.05) is 6.54 Å². The Bertz CT molecular complexity index is 489. The van der Waals surface area contributed by atoms with Gasteiger partial charge in [-0.1, -0.05) is 32.9 Å². The Balaban J connectivity index is 2.65. The molecule has 0 bridgehead atoms. The third kappa shape index (κ3) is 4.22. The van der Waals surface area contributed by atoms with Crippen molar-refractivity contribution in [2.24, 2.45) is 22.2 Å². The summed E-state index contributed by atoms with van der Waals surface area (Å²) in [5, 5.41) is 14.3. The largest absolute Gasteiger partial charge is 0.409 e. The van der Waals surface area contributed by atoms with Crippen molar-refractivity contribution in [3.63, 3.8) is 0 Å². The van der Waals surface area contributed by atoms with Gasteiger partial charge in [0.15, 0.2) is 5.84 Å². The molecule has 6 heteroatoms. The second-order valence-electron chi connectivity index (χ2n) is 5.89. The SMILES string of the molecule is CC(CNC(=O)c1ccc(/C(N)=N/O)cn1)C(C)(C)C. The molecule has 1 aromatic rings. The number of nitrogens with zero attached hydrogens (tertiary/aromatic N) is 2. The Morgan fingerprint density at radius 1 is 1.50 bits per heavy atom. The number of amidine groups is 1. The fraction of sp³-hybridized carbons (Fsp3) is 0.500. The molecule has 110 valence electrons. The minimum absolute atomic E-state index is 0.0363. The van der Waals surface area contributed by atoms with E-state index in [2.05, 4.69) is 43.2 Å². The predicted octanol–water partition coefficient (Wildman–Crippen LogP) is 1.59. The van der Waals surface area contributed by atoms with E-state index in [1.165, 1.54) is 6.20 Å². The Morgan fingerprint density at radius 3 is 2.60 bits per heavy atom. The quantitative estimate of drug-likeness (QED) is 0.337. The first-order valence-corrected chi connectivity index (χ1v) is 6.48. The molecule has 1 atom stereocenters. The summed E-state index contributed by atoms with van der Waals surface area (Å²) < 4.78 is 0. The number of carbonyl (C=O) groups excluding carboxylic acids is 1. The maximum atomic E-state index is 11.9. The molecule has 1 rings (SSSR count). The lowest BCUT2D eigenvalue weighted by Gasteiger charge is -2.27. The molecule has 0 saturated carbocycles. The van der Waals surface area contributed by atoms with Crippen LogP contribution in [0.3, 0.4) is 0 Å². The van der Waals surface area contributed by atoms with Crippen LogP contribution in [0.4, 0.5) is 0 Å². The molecule has 6 nitrogen and oxygen atoms in total. The number of carbonyl (C=O) groups is 1. The highest BCUT2D eigenvalue weighted by molar-refractivity contribution is 5.98. The zero-order chi connectivity index (χ0) is 15.3. The first-order chi connectivity index (χ1) is 9.25. The van der Waals surface area contributed by atoms with Crippen LogP contribution in [0.15, 0.2) is 23.5 Å². The second kappa shape index (κ2) is 6.36. The lowest BCUT2D eigenvalue weighted by Crippen LogP contribution is -2.34. The van der Waals surface area contributed by atoms with Crippen LogP contribution >= 0.6 is 0 Å². The van der Waals surface area contributed by atoms with E-state index in [-0.39, 0.29) is 17.2 Å². The number of oxime groups is 1. The molecule has 0 aromatic carbocycles. The molecule has 0 saturated heterocycles. The van der Waals surface area contributed by atoms with E-state index in [4.69, 9.17) is 10.9 Å². The predicted molar refractivity (Wildman–Crippen MR) is 77.7 cm³/mol. The van der Waals surface area contributed by atoms with Crippen LogP contribution in [0.5, 0.6) is 0 Å². The highest BCUT2D eigenvalue weighted by atomic mass is 16.4. The van der Waals surface area contributed by atoms with Crippen molar-refractivity contribution in [1.82, 2.24) is 10.3 Å². The number of hydrogen-bond donors (Lipinski definition) is 3. The average molecular weight is 278 g/mol. The number of amides is 1. The lowest BCUT2D eigenvalue weighted by molar-refractivity contribution is 0.0932. The summed E-state index contributed by atoms with van der Waals surface area (Å²) in [4.78, 5) is 15.9. The van der Waals surface area contributed by atoms with Crippen LogP contribution in [0.1, 0.15) is 43.7 Å². The summed E-state index contributed by atoms with van der Waals surface area (Å²) in [6.45, 7) is 9.08. The van der Waals surface area contributed by atoms with Gasteiger partial charge in [0, 0.05) is 18.3 Å². The topological polar surface area (TPSA) is 101 Å². The molecule has 4 N–H and O–H groups in total. The van der Waals surface area contributed by atoms with Crippen LogP contribution in [0.2, 0.25) is 0 Å². The van der Waals surface area contributed by atoms with Crippen LogP contribution in [-0.2, 0) is 0 Å². The Hall–Kier alpha value is -2.11. The average Bonchev–Trinajstić information content (AvgIpc) is 2.42. The van der Waals surface area contributed by atoms with Gasteiger partial charge in [-0.3, -0.25) is 9.78 Å². The summed E-state index contributed by atoms with van der Waals surface area (Å²) in [6, 6.07) is 3.13. The number of nitrogens with two attached hydrogens (primary N) is 1. The maximum absolute atomic E-state index is 11.9. The molecule has 0 aliphatic heterocycles. The summed E-state index contributed by atoms with van der Waals surface area (Å²) in [6.07, 6.45) is 1.40. The minimum Gasteiger partial charge on any atom is -0.409 e. The maximum Gasteiger partial charge on any atom is 0.269 e. The van der Waals surface area contributed by atoms with Gasteiger partial charge in [0.05, 0.1) is 0 Å². The second-order valence-corrected chi connectivity index (χ2v) is 5.89. The summed E-state index contributed by atoms with van der Waals surface area (Å²) in [5.74, 6) is 0.0841. The van der Waals surface area contributed by atoms with Crippen LogP contribution in [0.25, 0.3) is 0 Å². The summed E-state index contributed by atoms with van der Waals surface area (Å²) in [7, 11) is 0. The lowest BCUT2D eigenvalue weighted by atomic mass is 9.82. The molecule has 0 fully saturated rings. The van der Waals surface area contributed by atoms with Gasteiger partial charge in [-0.05, 0) is 23.5 Å². The van der Waals surface area contributed by atoms with Crippen LogP contribution in [-0.4, -0.2) is 28.5 Å². The molecule has 0 aliphatic rings. The monoisotopic (exact) mass is 278 g/mol. The van der Waals surface area contributed by atoms with E-state index in [9.17, 15) is 4.79 Å². The van der Waals surface area contributed by atoms with Gasteiger partial charge in [-0.2, -0.15) is 0 Å². The third-order valence-corrected chi connectivity index (χ3v) is 3.45. The van der Waals surface area contributed by atoms with E-state index in [1.54, 1.807) is 12.1 Å². The molecule has 1 aromatic heterocycles. The molecule has 1 amide bonds. The molecule has 0 spiro atoms. The Morgan fingerprint density at radius 2 is 2.15 bits per heavy atom. The zero-order valence-electron chi connectivity index (χ0n) is 12.3. The molecule has 20 heavy (non-hydrogen) atoms. The zero-order valence-corrected chi connectivity index (χ0v) is 12.3. The van der Waals surface area contributed by atoms with Gasteiger partial charge < -0.3 is 16.3 Å². The standard InChI is InChI=1S/C14H22N4O2/c1-9(14(2,3)4)7-17-13(19)11-6-5-10(8-16-11)12(15)18-20/h5-6,8-9,20H,7H2,1-4H3,(H2,15,18)(H,17,19). The number of rotatable bonds is 4. The van der Waals surface area contributed by atoms with Gasteiger partial charge >= 0.3 is 0 Å². The van der Waals surface area contributed by atoms with E-state index < -0.39 is 0 Å². The molecule has 0 radical (unpaired) electrons. The van der Waals surface area contributed by atoms with Crippen molar-refractivity contribution < 1.29 is 10.0 Å². The van der Waals surface area contributed by atoms with E-state index >= 15 is 0 Å². The Labute approximate surface area is 119 Å². The Kier molecular flexibility index (Phi) is 5.07. The van der Waals surface area contributed by atoms with Crippen molar-refractivity contribution in [2.45, 2.75) is 27.7 Å². The molecular weight excluding hydrogens is 256 g/mol. The number of nitrogens with one attached hydrogen (secondary N) is 1.